The first-order valence-corrected chi connectivity index (χ1v) is 9.34. The first kappa shape index (κ1) is 16.4. The van der Waals surface area contributed by atoms with E-state index in [0.717, 1.165) is 38.2 Å². The van der Waals surface area contributed by atoms with E-state index in [4.69, 9.17) is 17.0 Å². The van der Waals surface area contributed by atoms with E-state index in [1.54, 1.807) is 0 Å². The van der Waals surface area contributed by atoms with Crippen LogP contribution in [0.1, 0.15) is 19.8 Å². The van der Waals surface area contributed by atoms with Crippen LogP contribution in [0.15, 0.2) is 42.5 Å². The van der Waals surface area contributed by atoms with E-state index >= 15 is 0 Å². The SMILES string of the molecule is CCn1c2ccccc2c2cc(NC(=S)NC[C@@H]3CCCO3)ccc21. The van der Waals surface area contributed by atoms with Crippen molar-refractivity contribution in [1.29, 1.82) is 0 Å². The number of hydrogen-bond donors (Lipinski definition) is 2. The van der Waals surface area contributed by atoms with Crippen molar-refractivity contribution in [1.82, 2.24) is 9.88 Å². The van der Waals surface area contributed by atoms with Gasteiger partial charge in [-0.1, -0.05) is 18.2 Å². The second kappa shape index (κ2) is 7.02. The lowest BCUT2D eigenvalue weighted by Gasteiger charge is -2.14. The van der Waals surface area contributed by atoms with Gasteiger partial charge in [0.15, 0.2) is 5.11 Å². The molecular weight excluding hydrogens is 330 g/mol. The molecule has 3 aromatic rings. The highest BCUT2D eigenvalue weighted by molar-refractivity contribution is 7.80. The predicted octanol–water partition coefficient (Wildman–Crippen LogP) is 4.28. The number of benzene rings is 2. The van der Waals surface area contributed by atoms with Crippen molar-refractivity contribution in [2.75, 3.05) is 18.5 Å². The molecule has 0 amide bonds. The Labute approximate surface area is 153 Å². The molecule has 1 aromatic heterocycles. The Morgan fingerprint density at radius 1 is 1.20 bits per heavy atom. The van der Waals surface area contributed by atoms with Gasteiger partial charge < -0.3 is 19.9 Å². The molecule has 0 unspecified atom stereocenters. The Morgan fingerprint density at radius 3 is 2.84 bits per heavy atom. The number of rotatable bonds is 4. The number of thiocarbonyl (C=S) groups is 1. The first-order valence-electron chi connectivity index (χ1n) is 8.93. The van der Waals surface area contributed by atoms with Gasteiger partial charge in [-0.3, -0.25) is 0 Å². The maximum atomic E-state index is 5.62. The van der Waals surface area contributed by atoms with Gasteiger partial charge in [0.05, 0.1) is 6.10 Å². The largest absolute Gasteiger partial charge is 0.376 e. The molecule has 1 saturated heterocycles. The summed E-state index contributed by atoms with van der Waals surface area (Å²) in [7, 11) is 0. The zero-order valence-corrected chi connectivity index (χ0v) is 15.2. The Kier molecular flexibility index (Phi) is 4.59. The summed E-state index contributed by atoms with van der Waals surface area (Å²) in [4.78, 5) is 0. The van der Waals surface area contributed by atoms with Crippen molar-refractivity contribution in [3.05, 3.63) is 42.5 Å². The molecule has 4 rings (SSSR count). The molecule has 5 heteroatoms. The number of fused-ring (bicyclic) bond motifs is 3. The third kappa shape index (κ3) is 3.22. The van der Waals surface area contributed by atoms with Crippen LogP contribution >= 0.6 is 12.2 Å². The minimum atomic E-state index is 0.282. The van der Waals surface area contributed by atoms with E-state index in [1.807, 2.05) is 0 Å². The van der Waals surface area contributed by atoms with Gasteiger partial charge in [0.1, 0.15) is 0 Å². The number of nitrogens with one attached hydrogen (secondary N) is 2. The molecule has 0 bridgehead atoms. The number of anilines is 1. The summed E-state index contributed by atoms with van der Waals surface area (Å²) in [6.45, 7) is 4.77. The second-order valence-electron chi connectivity index (χ2n) is 6.46. The van der Waals surface area contributed by atoms with Gasteiger partial charge in [-0.15, -0.1) is 0 Å². The van der Waals surface area contributed by atoms with E-state index in [2.05, 4.69) is 64.6 Å². The zero-order chi connectivity index (χ0) is 17.2. The van der Waals surface area contributed by atoms with Crippen molar-refractivity contribution in [3.8, 4) is 0 Å². The fraction of sp³-hybridized carbons (Fsp3) is 0.350. The minimum Gasteiger partial charge on any atom is -0.376 e. The summed E-state index contributed by atoms with van der Waals surface area (Å²) < 4.78 is 7.97. The molecule has 2 heterocycles. The van der Waals surface area contributed by atoms with Crippen LogP contribution in [0.3, 0.4) is 0 Å². The van der Waals surface area contributed by atoms with Crippen LogP contribution in [0.2, 0.25) is 0 Å². The van der Waals surface area contributed by atoms with Gasteiger partial charge in [0, 0.05) is 47.2 Å². The highest BCUT2D eigenvalue weighted by atomic mass is 32.1. The molecule has 1 aliphatic rings. The summed E-state index contributed by atoms with van der Waals surface area (Å²) in [5.74, 6) is 0. The number of aromatic nitrogens is 1. The number of para-hydroxylation sites is 1. The number of hydrogen-bond acceptors (Lipinski definition) is 2. The van der Waals surface area contributed by atoms with E-state index < -0.39 is 0 Å². The third-order valence-corrected chi connectivity index (χ3v) is 5.11. The van der Waals surface area contributed by atoms with Gasteiger partial charge in [0.25, 0.3) is 0 Å². The van der Waals surface area contributed by atoms with Crippen molar-refractivity contribution < 1.29 is 4.74 Å². The summed E-state index contributed by atoms with van der Waals surface area (Å²) >= 11 is 5.43. The van der Waals surface area contributed by atoms with E-state index in [9.17, 15) is 0 Å². The predicted molar refractivity (Wildman–Crippen MR) is 108 cm³/mol. The fourth-order valence-electron chi connectivity index (χ4n) is 3.66. The molecule has 0 aliphatic carbocycles. The molecular formula is C20H23N3OS. The first-order chi connectivity index (χ1) is 12.3. The van der Waals surface area contributed by atoms with Crippen LogP contribution < -0.4 is 10.6 Å². The highest BCUT2D eigenvalue weighted by Gasteiger charge is 2.15. The quantitative estimate of drug-likeness (QED) is 0.687. The summed E-state index contributed by atoms with van der Waals surface area (Å²) in [6.07, 6.45) is 2.53. The fourth-order valence-corrected chi connectivity index (χ4v) is 3.86. The Balaban J connectivity index is 1.56. The summed E-state index contributed by atoms with van der Waals surface area (Å²) in [5, 5.41) is 9.75. The van der Waals surface area contributed by atoms with Crippen molar-refractivity contribution in [2.24, 2.45) is 0 Å². The van der Waals surface area contributed by atoms with Gasteiger partial charge in [0.2, 0.25) is 0 Å². The lowest BCUT2D eigenvalue weighted by atomic mass is 10.1. The molecule has 4 nitrogen and oxygen atoms in total. The van der Waals surface area contributed by atoms with Crippen LogP contribution in [-0.4, -0.2) is 28.9 Å². The molecule has 0 radical (unpaired) electrons. The monoisotopic (exact) mass is 353 g/mol. The van der Waals surface area contributed by atoms with Gasteiger partial charge in [-0.05, 0) is 56.2 Å². The van der Waals surface area contributed by atoms with Crippen molar-refractivity contribution in [3.63, 3.8) is 0 Å². The molecule has 1 atom stereocenters. The smallest absolute Gasteiger partial charge is 0.170 e. The molecule has 1 fully saturated rings. The number of nitrogens with zero attached hydrogens (tertiary/aromatic N) is 1. The Bertz CT molecular complexity index is 912. The molecule has 0 spiro atoms. The van der Waals surface area contributed by atoms with Crippen molar-refractivity contribution >= 4 is 44.8 Å². The molecule has 130 valence electrons. The normalized spacial score (nSPS) is 17.2. The zero-order valence-electron chi connectivity index (χ0n) is 14.4. The average Bonchev–Trinajstić information content (AvgIpc) is 3.25. The van der Waals surface area contributed by atoms with Crippen LogP contribution in [0.5, 0.6) is 0 Å². The Morgan fingerprint density at radius 2 is 2.04 bits per heavy atom. The van der Waals surface area contributed by atoms with Gasteiger partial charge in [-0.25, -0.2) is 0 Å². The molecule has 0 saturated carbocycles. The maximum absolute atomic E-state index is 5.62. The highest BCUT2D eigenvalue weighted by Crippen LogP contribution is 2.30. The number of aryl methyl sites for hydroxylation is 1. The Hall–Kier alpha value is -2.11. The van der Waals surface area contributed by atoms with Crippen molar-refractivity contribution in [2.45, 2.75) is 32.4 Å². The van der Waals surface area contributed by atoms with E-state index in [0.29, 0.717) is 5.11 Å². The summed E-state index contributed by atoms with van der Waals surface area (Å²) in [5.41, 5.74) is 3.54. The molecule has 25 heavy (non-hydrogen) atoms. The topological polar surface area (TPSA) is 38.2 Å². The van der Waals surface area contributed by atoms with Crippen LogP contribution in [0.4, 0.5) is 5.69 Å². The van der Waals surface area contributed by atoms with E-state index in [1.165, 1.54) is 21.8 Å². The third-order valence-electron chi connectivity index (χ3n) is 4.86. The lowest BCUT2D eigenvalue weighted by molar-refractivity contribution is 0.114. The van der Waals surface area contributed by atoms with Crippen LogP contribution in [0, 0.1) is 0 Å². The standard InChI is InChI=1S/C20H23N3OS/c1-2-23-18-8-4-3-7-16(18)17-12-14(9-10-19(17)23)22-20(25)21-13-15-6-5-11-24-15/h3-4,7-10,12,15H,2,5-6,11,13H2,1H3,(H2,21,22,25)/t15-/m0/s1. The van der Waals surface area contributed by atoms with Gasteiger partial charge >= 0.3 is 0 Å². The maximum Gasteiger partial charge on any atom is 0.170 e. The second-order valence-corrected chi connectivity index (χ2v) is 6.87. The minimum absolute atomic E-state index is 0.282. The van der Waals surface area contributed by atoms with E-state index in [-0.39, 0.29) is 6.10 Å². The molecule has 1 aliphatic heterocycles. The van der Waals surface area contributed by atoms with Crippen LogP contribution in [-0.2, 0) is 11.3 Å². The lowest BCUT2D eigenvalue weighted by Crippen LogP contribution is -2.34. The number of ether oxygens (including phenoxy) is 1. The summed E-state index contributed by atoms with van der Waals surface area (Å²) in [6, 6.07) is 15.0. The van der Waals surface area contributed by atoms with Crippen LogP contribution in [0.25, 0.3) is 21.8 Å². The average molecular weight is 353 g/mol. The molecule has 2 aromatic carbocycles. The van der Waals surface area contributed by atoms with Gasteiger partial charge in [-0.2, -0.15) is 0 Å². The molecule has 2 N–H and O–H groups in total.